The zero-order valence-electron chi connectivity index (χ0n) is 9.33. The zero-order chi connectivity index (χ0) is 10.5. The molecule has 2 atom stereocenters. The SMILES string of the molecule is CC(CCc1ccco1)NC1CCNC1. The predicted octanol–water partition coefficient (Wildman–Crippen LogP) is 1.55. The van der Waals surface area contributed by atoms with Crippen LogP contribution in [0.1, 0.15) is 25.5 Å². The Bertz CT molecular complexity index is 265. The second-order valence-electron chi connectivity index (χ2n) is 4.38. The molecule has 2 N–H and O–H groups in total. The third-order valence-electron chi connectivity index (χ3n) is 2.98. The van der Waals surface area contributed by atoms with E-state index in [1.807, 2.05) is 12.1 Å². The Balaban J connectivity index is 1.66. The van der Waals surface area contributed by atoms with E-state index in [9.17, 15) is 0 Å². The Labute approximate surface area is 91.2 Å². The standard InChI is InChI=1S/C12H20N2O/c1-10(14-11-6-7-13-9-11)4-5-12-3-2-8-15-12/h2-3,8,10-11,13-14H,4-7,9H2,1H3. The minimum atomic E-state index is 0.569. The average Bonchev–Trinajstić information content (AvgIpc) is 2.86. The Morgan fingerprint density at radius 3 is 3.27 bits per heavy atom. The summed E-state index contributed by atoms with van der Waals surface area (Å²) in [6, 6.07) is 5.23. The van der Waals surface area contributed by atoms with E-state index >= 15 is 0 Å². The lowest BCUT2D eigenvalue weighted by molar-refractivity contribution is 0.424. The normalized spacial score (nSPS) is 23.1. The maximum atomic E-state index is 5.31. The number of nitrogens with one attached hydrogen (secondary N) is 2. The molecule has 0 spiro atoms. The largest absolute Gasteiger partial charge is 0.469 e. The Kier molecular flexibility index (Phi) is 3.80. The van der Waals surface area contributed by atoms with Gasteiger partial charge in [0.15, 0.2) is 0 Å². The second kappa shape index (κ2) is 5.33. The second-order valence-corrected chi connectivity index (χ2v) is 4.38. The molecule has 1 aromatic rings. The number of rotatable bonds is 5. The molecule has 3 heteroatoms. The van der Waals surface area contributed by atoms with Gasteiger partial charge in [0.1, 0.15) is 5.76 Å². The molecule has 3 nitrogen and oxygen atoms in total. The van der Waals surface area contributed by atoms with Gasteiger partial charge in [0.25, 0.3) is 0 Å². The van der Waals surface area contributed by atoms with Crippen molar-refractivity contribution in [1.82, 2.24) is 10.6 Å². The van der Waals surface area contributed by atoms with Crippen LogP contribution in [-0.4, -0.2) is 25.2 Å². The summed E-state index contributed by atoms with van der Waals surface area (Å²) in [7, 11) is 0. The van der Waals surface area contributed by atoms with Gasteiger partial charge in [-0.25, -0.2) is 0 Å². The number of aryl methyl sites for hydroxylation is 1. The molecular weight excluding hydrogens is 188 g/mol. The lowest BCUT2D eigenvalue weighted by Crippen LogP contribution is -2.38. The Hall–Kier alpha value is -0.800. The van der Waals surface area contributed by atoms with Crippen molar-refractivity contribution in [2.45, 2.75) is 38.3 Å². The smallest absolute Gasteiger partial charge is 0.103 e. The van der Waals surface area contributed by atoms with Crippen molar-refractivity contribution in [2.24, 2.45) is 0 Å². The van der Waals surface area contributed by atoms with Crippen molar-refractivity contribution < 1.29 is 4.42 Å². The van der Waals surface area contributed by atoms with Crippen LogP contribution in [0.4, 0.5) is 0 Å². The molecule has 84 valence electrons. The van der Waals surface area contributed by atoms with Crippen molar-refractivity contribution in [3.8, 4) is 0 Å². The lowest BCUT2D eigenvalue weighted by atomic mass is 10.1. The number of furan rings is 1. The van der Waals surface area contributed by atoms with E-state index in [4.69, 9.17) is 4.42 Å². The highest BCUT2D eigenvalue weighted by atomic mass is 16.3. The van der Waals surface area contributed by atoms with Crippen LogP contribution < -0.4 is 10.6 Å². The summed E-state index contributed by atoms with van der Waals surface area (Å²) >= 11 is 0. The van der Waals surface area contributed by atoms with E-state index in [0.29, 0.717) is 12.1 Å². The molecule has 1 aromatic heterocycles. The Morgan fingerprint density at radius 1 is 1.67 bits per heavy atom. The van der Waals surface area contributed by atoms with Crippen LogP contribution in [0.15, 0.2) is 22.8 Å². The van der Waals surface area contributed by atoms with E-state index in [1.165, 1.54) is 6.42 Å². The Morgan fingerprint density at radius 2 is 2.60 bits per heavy atom. The van der Waals surface area contributed by atoms with Gasteiger partial charge < -0.3 is 15.1 Å². The van der Waals surface area contributed by atoms with Crippen molar-refractivity contribution >= 4 is 0 Å². The maximum absolute atomic E-state index is 5.31. The molecule has 2 heterocycles. The quantitative estimate of drug-likeness (QED) is 0.771. The third-order valence-corrected chi connectivity index (χ3v) is 2.98. The van der Waals surface area contributed by atoms with Gasteiger partial charge in [-0.2, -0.15) is 0 Å². The van der Waals surface area contributed by atoms with Gasteiger partial charge in [-0.05, 0) is 38.4 Å². The lowest BCUT2D eigenvalue weighted by Gasteiger charge is -2.18. The molecule has 2 unspecified atom stereocenters. The van der Waals surface area contributed by atoms with Crippen molar-refractivity contribution in [2.75, 3.05) is 13.1 Å². The van der Waals surface area contributed by atoms with Gasteiger partial charge in [-0.3, -0.25) is 0 Å². The fraction of sp³-hybridized carbons (Fsp3) is 0.667. The molecule has 1 aliphatic heterocycles. The first-order chi connectivity index (χ1) is 7.34. The fourth-order valence-corrected chi connectivity index (χ4v) is 2.10. The van der Waals surface area contributed by atoms with Crippen LogP contribution in [0.2, 0.25) is 0 Å². The highest BCUT2D eigenvalue weighted by Crippen LogP contribution is 2.07. The van der Waals surface area contributed by atoms with Crippen molar-refractivity contribution in [1.29, 1.82) is 0 Å². The van der Waals surface area contributed by atoms with Gasteiger partial charge >= 0.3 is 0 Å². The van der Waals surface area contributed by atoms with Crippen LogP contribution in [0.5, 0.6) is 0 Å². The summed E-state index contributed by atoms with van der Waals surface area (Å²) in [4.78, 5) is 0. The highest BCUT2D eigenvalue weighted by Gasteiger charge is 2.16. The molecule has 0 amide bonds. The van der Waals surface area contributed by atoms with Crippen LogP contribution in [0.3, 0.4) is 0 Å². The monoisotopic (exact) mass is 208 g/mol. The van der Waals surface area contributed by atoms with Crippen LogP contribution >= 0.6 is 0 Å². The van der Waals surface area contributed by atoms with Gasteiger partial charge in [0, 0.05) is 25.0 Å². The molecule has 0 bridgehead atoms. The maximum Gasteiger partial charge on any atom is 0.103 e. The van der Waals surface area contributed by atoms with Crippen LogP contribution in [-0.2, 0) is 6.42 Å². The molecule has 1 aliphatic rings. The predicted molar refractivity (Wildman–Crippen MR) is 60.9 cm³/mol. The first kappa shape index (κ1) is 10.7. The summed E-state index contributed by atoms with van der Waals surface area (Å²) in [5.41, 5.74) is 0. The number of hydrogen-bond donors (Lipinski definition) is 2. The van der Waals surface area contributed by atoms with Gasteiger partial charge in [-0.15, -0.1) is 0 Å². The van der Waals surface area contributed by atoms with E-state index in [-0.39, 0.29) is 0 Å². The molecule has 0 radical (unpaired) electrons. The van der Waals surface area contributed by atoms with Crippen LogP contribution in [0.25, 0.3) is 0 Å². The molecule has 1 fully saturated rings. The van der Waals surface area contributed by atoms with Gasteiger partial charge in [0.05, 0.1) is 6.26 Å². The molecule has 15 heavy (non-hydrogen) atoms. The minimum Gasteiger partial charge on any atom is -0.469 e. The van der Waals surface area contributed by atoms with E-state index in [1.54, 1.807) is 6.26 Å². The summed E-state index contributed by atoms with van der Waals surface area (Å²) in [5.74, 6) is 1.09. The summed E-state index contributed by atoms with van der Waals surface area (Å²) in [6.45, 7) is 4.52. The topological polar surface area (TPSA) is 37.2 Å². The number of hydrogen-bond acceptors (Lipinski definition) is 3. The first-order valence-electron chi connectivity index (χ1n) is 5.84. The summed E-state index contributed by atoms with van der Waals surface area (Å²) in [6.07, 6.45) is 5.17. The zero-order valence-corrected chi connectivity index (χ0v) is 9.33. The van der Waals surface area contributed by atoms with E-state index < -0.39 is 0 Å². The summed E-state index contributed by atoms with van der Waals surface area (Å²) < 4.78 is 5.31. The molecule has 0 aromatic carbocycles. The van der Waals surface area contributed by atoms with Crippen molar-refractivity contribution in [3.05, 3.63) is 24.2 Å². The molecule has 0 aliphatic carbocycles. The fourth-order valence-electron chi connectivity index (χ4n) is 2.10. The molecule has 0 saturated carbocycles. The van der Waals surface area contributed by atoms with Crippen LogP contribution in [0, 0.1) is 0 Å². The van der Waals surface area contributed by atoms with E-state index in [0.717, 1.165) is 31.7 Å². The van der Waals surface area contributed by atoms with Gasteiger partial charge in [-0.1, -0.05) is 0 Å². The molecule has 1 saturated heterocycles. The molecular formula is C12H20N2O. The van der Waals surface area contributed by atoms with Crippen molar-refractivity contribution in [3.63, 3.8) is 0 Å². The minimum absolute atomic E-state index is 0.569. The van der Waals surface area contributed by atoms with E-state index in [2.05, 4.69) is 17.6 Å². The average molecular weight is 208 g/mol. The third kappa shape index (κ3) is 3.36. The van der Waals surface area contributed by atoms with Gasteiger partial charge in [0.2, 0.25) is 0 Å². The first-order valence-corrected chi connectivity index (χ1v) is 5.84. The highest BCUT2D eigenvalue weighted by molar-refractivity contribution is 4.98. The molecule has 2 rings (SSSR count). The summed E-state index contributed by atoms with van der Waals surface area (Å²) in [5, 5.41) is 7.00.